The Morgan fingerprint density at radius 1 is 1.04 bits per heavy atom. The van der Waals surface area contributed by atoms with E-state index < -0.39 is 56.6 Å². The fourth-order valence-corrected chi connectivity index (χ4v) is 5.27. The Hall–Kier alpha value is -3.27. The molecule has 2 aromatic rings. The summed E-state index contributed by atoms with van der Waals surface area (Å²) < 4.78 is 108. The summed E-state index contributed by atoms with van der Waals surface area (Å²) in [5, 5.41) is 0.853. The molecule has 1 heterocycles. The van der Waals surface area contributed by atoms with Gasteiger partial charge in [0.05, 0.1) is 38.7 Å². The van der Waals surface area contributed by atoms with Gasteiger partial charge >= 0.3 is 24.5 Å². The summed E-state index contributed by atoms with van der Waals surface area (Å²) in [6.45, 7) is 2.08. The first-order valence-corrected chi connectivity index (χ1v) is 15.4. The molecule has 15 heteroatoms. The van der Waals surface area contributed by atoms with Gasteiger partial charge in [0.2, 0.25) is 0 Å². The Balaban J connectivity index is 1.62. The molecule has 2 atom stereocenters. The summed E-state index contributed by atoms with van der Waals surface area (Å²) in [6.07, 6.45) is -10.2. The molecule has 0 saturated heterocycles. The number of aryl methyl sites for hydroxylation is 1. The van der Waals surface area contributed by atoms with Crippen LogP contribution in [0.15, 0.2) is 41.7 Å². The fraction of sp³-hybridized carbons (Fsp3) is 0.594. The van der Waals surface area contributed by atoms with Crippen LogP contribution in [0.4, 0.5) is 26.3 Å². The number of unbranched alkanes of at least 4 members (excludes halogenated alkanes) is 2. The van der Waals surface area contributed by atoms with Crippen molar-refractivity contribution in [3.63, 3.8) is 0 Å². The van der Waals surface area contributed by atoms with Crippen molar-refractivity contribution in [2.45, 2.75) is 83.3 Å². The van der Waals surface area contributed by atoms with Crippen molar-refractivity contribution in [2.75, 3.05) is 26.9 Å². The van der Waals surface area contributed by atoms with E-state index in [9.17, 15) is 31.1 Å². The predicted octanol–water partition coefficient (Wildman–Crippen LogP) is 6.84. The SMILES string of the molecule is CCCCCC1=CC(OC)=C(c2cc3ccc(OCCC(F)(F)OC(F)(F)OC(F)(F)CCOC(=O)C(N)CN)cc3n2C)C(C)C1. The number of hydrogen-bond donors (Lipinski definition) is 2. The number of alkyl halides is 6. The van der Waals surface area contributed by atoms with Crippen molar-refractivity contribution in [2.24, 2.45) is 24.4 Å². The van der Waals surface area contributed by atoms with Gasteiger partial charge in [-0.1, -0.05) is 32.3 Å². The van der Waals surface area contributed by atoms with Crippen LogP contribution < -0.4 is 16.2 Å². The Morgan fingerprint density at radius 2 is 1.70 bits per heavy atom. The van der Waals surface area contributed by atoms with Gasteiger partial charge in [-0.3, -0.25) is 4.79 Å². The van der Waals surface area contributed by atoms with Crippen molar-refractivity contribution in [1.29, 1.82) is 0 Å². The average Bonchev–Trinajstić information content (AvgIpc) is 3.29. The number of fused-ring (bicyclic) bond motifs is 1. The zero-order valence-electron chi connectivity index (χ0n) is 26.9. The van der Waals surface area contributed by atoms with Crippen molar-refractivity contribution < 1.29 is 54.8 Å². The Bertz CT molecular complexity index is 1430. The number of carbonyl (C=O) groups excluding carboxylic acids is 1. The van der Waals surface area contributed by atoms with Gasteiger partial charge in [-0.25, -0.2) is 9.47 Å². The number of methoxy groups -OCH3 is 1. The topological polar surface area (TPSA) is 120 Å². The smallest absolute Gasteiger partial charge is 0.494 e. The highest BCUT2D eigenvalue weighted by Crippen LogP contribution is 2.40. The number of carbonyl (C=O) groups is 1. The summed E-state index contributed by atoms with van der Waals surface area (Å²) >= 11 is 0. The van der Waals surface area contributed by atoms with Crippen LogP contribution in [0.1, 0.15) is 64.5 Å². The molecule has 0 bridgehead atoms. The highest BCUT2D eigenvalue weighted by molar-refractivity contribution is 5.88. The zero-order valence-corrected chi connectivity index (χ0v) is 26.9. The van der Waals surface area contributed by atoms with E-state index >= 15 is 0 Å². The van der Waals surface area contributed by atoms with Crippen LogP contribution in [0.5, 0.6) is 5.75 Å². The number of halogens is 6. The molecule has 0 spiro atoms. The van der Waals surface area contributed by atoms with Gasteiger partial charge in [0.1, 0.15) is 17.6 Å². The van der Waals surface area contributed by atoms with Gasteiger partial charge in [0, 0.05) is 36.3 Å². The van der Waals surface area contributed by atoms with Gasteiger partial charge in [0.25, 0.3) is 0 Å². The van der Waals surface area contributed by atoms with Crippen LogP contribution in [0.25, 0.3) is 16.5 Å². The molecule has 3 rings (SSSR count). The summed E-state index contributed by atoms with van der Waals surface area (Å²) in [5.74, 6) is 0.00161. The second-order valence-corrected chi connectivity index (χ2v) is 11.5. The van der Waals surface area contributed by atoms with Crippen LogP contribution in [-0.2, 0) is 30.8 Å². The van der Waals surface area contributed by atoms with Gasteiger partial charge in [-0.15, -0.1) is 8.78 Å². The highest BCUT2D eigenvalue weighted by Gasteiger charge is 2.52. The number of rotatable bonds is 19. The lowest BCUT2D eigenvalue weighted by atomic mass is 9.84. The van der Waals surface area contributed by atoms with Gasteiger partial charge in [0.15, 0.2) is 0 Å². The minimum Gasteiger partial charge on any atom is -0.496 e. The molecule has 1 aliphatic rings. The molecule has 0 radical (unpaired) electrons. The molecule has 1 aromatic carbocycles. The molecule has 4 N–H and O–H groups in total. The maximum atomic E-state index is 14.2. The average molecular weight is 680 g/mol. The van der Waals surface area contributed by atoms with Crippen molar-refractivity contribution in [3.05, 3.63) is 47.4 Å². The molecule has 0 saturated carbocycles. The lowest BCUT2D eigenvalue weighted by Gasteiger charge is -2.26. The summed E-state index contributed by atoms with van der Waals surface area (Å²) in [5.41, 5.74) is 14.4. The van der Waals surface area contributed by atoms with E-state index in [4.69, 9.17) is 20.9 Å². The first-order valence-electron chi connectivity index (χ1n) is 15.4. The number of aromatic nitrogens is 1. The van der Waals surface area contributed by atoms with Crippen molar-refractivity contribution >= 4 is 22.4 Å². The molecule has 0 aliphatic heterocycles. The van der Waals surface area contributed by atoms with E-state index in [1.54, 1.807) is 19.2 Å². The third kappa shape index (κ3) is 10.9. The number of benzene rings is 1. The van der Waals surface area contributed by atoms with Crippen LogP contribution in [-0.4, -0.2) is 62.0 Å². The van der Waals surface area contributed by atoms with Crippen molar-refractivity contribution in [1.82, 2.24) is 4.57 Å². The Kier molecular flexibility index (Phi) is 13.2. The number of ether oxygens (including phenoxy) is 5. The first-order chi connectivity index (χ1) is 22.0. The van der Waals surface area contributed by atoms with Gasteiger partial charge in [-0.2, -0.15) is 17.6 Å². The zero-order chi connectivity index (χ0) is 35.0. The lowest BCUT2D eigenvalue weighted by molar-refractivity contribution is -0.514. The molecule has 2 unspecified atom stereocenters. The summed E-state index contributed by atoms with van der Waals surface area (Å²) in [4.78, 5) is 11.4. The molecular weight excluding hydrogens is 636 g/mol. The lowest BCUT2D eigenvalue weighted by Crippen LogP contribution is -2.42. The van der Waals surface area contributed by atoms with Crippen molar-refractivity contribution in [3.8, 4) is 5.75 Å². The van der Waals surface area contributed by atoms with Crippen LogP contribution in [0.3, 0.4) is 0 Å². The second kappa shape index (κ2) is 16.2. The first kappa shape index (κ1) is 38.2. The number of esters is 1. The second-order valence-electron chi connectivity index (χ2n) is 11.5. The van der Waals surface area contributed by atoms with E-state index in [0.717, 1.165) is 60.0 Å². The van der Waals surface area contributed by atoms with E-state index in [1.165, 1.54) is 11.6 Å². The van der Waals surface area contributed by atoms with Crippen LogP contribution in [0, 0.1) is 5.92 Å². The molecular formula is C32H43F6N3O6. The number of nitrogens with two attached hydrogens (primary N) is 2. The maximum absolute atomic E-state index is 14.2. The molecule has 47 heavy (non-hydrogen) atoms. The van der Waals surface area contributed by atoms with E-state index in [-0.39, 0.29) is 18.2 Å². The highest BCUT2D eigenvalue weighted by atomic mass is 19.3. The summed E-state index contributed by atoms with van der Waals surface area (Å²) in [6, 6.07) is 5.59. The third-order valence-corrected chi connectivity index (χ3v) is 7.67. The molecule has 264 valence electrons. The van der Waals surface area contributed by atoms with E-state index in [2.05, 4.69) is 34.1 Å². The summed E-state index contributed by atoms with van der Waals surface area (Å²) in [7, 11) is 3.49. The Morgan fingerprint density at radius 3 is 2.32 bits per heavy atom. The van der Waals surface area contributed by atoms with E-state index in [0.29, 0.717) is 0 Å². The number of hydrogen-bond acceptors (Lipinski definition) is 8. The molecule has 1 aliphatic carbocycles. The largest absolute Gasteiger partial charge is 0.496 e. The van der Waals surface area contributed by atoms with E-state index in [1.807, 2.05) is 17.7 Å². The fourth-order valence-electron chi connectivity index (χ4n) is 5.27. The van der Waals surface area contributed by atoms with Gasteiger partial charge < -0.3 is 30.2 Å². The van der Waals surface area contributed by atoms with Crippen LogP contribution >= 0.6 is 0 Å². The minimum atomic E-state index is -5.39. The minimum absolute atomic E-state index is 0.176. The van der Waals surface area contributed by atoms with Crippen LogP contribution in [0.2, 0.25) is 0 Å². The Labute approximate surface area is 269 Å². The standard InChI is InChI=1S/C32H43F6N3O6/c1-5-6-7-8-21-15-20(2)28(27(16-21)43-4)26-17-22-9-10-23(18-25(22)41(26)3)44-13-11-30(33,34)46-32(37,38)47-31(35,36)12-14-45-29(42)24(40)19-39/h9-10,16-18,20,24H,5-8,11-15,19,39-40H2,1-4H3. The third-order valence-electron chi connectivity index (χ3n) is 7.67. The quantitative estimate of drug-likeness (QED) is 0.0717. The van der Waals surface area contributed by atoms with Gasteiger partial charge in [-0.05, 0) is 49.5 Å². The monoisotopic (exact) mass is 679 g/mol. The molecule has 0 amide bonds. The normalized spacial score (nSPS) is 16.8. The number of allylic oxidation sites excluding steroid dienone is 3. The number of nitrogens with zero attached hydrogens (tertiary/aromatic N) is 1. The predicted molar refractivity (Wildman–Crippen MR) is 163 cm³/mol. The molecule has 0 fully saturated rings. The molecule has 9 nitrogen and oxygen atoms in total. The maximum Gasteiger partial charge on any atom is 0.494 e. The molecule has 1 aromatic heterocycles.